The van der Waals surface area contributed by atoms with Gasteiger partial charge in [0.05, 0.1) is 24.1 Å². The van der Waals surface area contributed by atoms with Crippen molar-refractivity contribution in [2.75, 3.05) is 34.8 Å². The Kier molecular flexibility index (Phi) is 14.9. The molecule has 4 aromatic rings. The first-order valence-electron chi connectivity index (χ1n) is 16.5. The van der Waals surface area contributed by atoms with Crippen LogP contribution in [0.5, 0.6) is 0 Å². The van der Waals surface area contributed by atoms with Crippen LogP contribution in [0.2, 0.25) is 0 Å². The van der Waals surface area contributed by atoms with E-state index in [1.54, 1.807) is 50.1 Å². The number of hydrogen-bond donors (Lipinski definition) is 4. The molecule has 0 aliphatic heterocycles. The van der Waals surface area contributed by atoms with Crippen molar-refractivity contribution in [2.45, 2.75) is 58.7 Å². The maximum absolute atomic E-state index is 12.9. The van der Waals surface area contributed by atoms with Crippen LogP contribution in [0.1, 0.15) is 72.2 Å². The van der Waals surface area contributed by atoms with E-state index in [1.165, 1.54) is 6.20 Å². The topological polar surface area (TPSA) is 147 Å². The highest BCUT2D eigenvalue weighted by Crippen LogP contribution is 2.32. The number of carbonyl (C=O) groups excluding carboxylic acids is 3. The molecule has 13 heteroatoms. The summed E-state index contributed by atoms with van der Waals surface area (Å²) in [5.74, 6) is -0.288. The van der Waals surface area contributed by atoms with E-state index in [0.717, 1.165) is 42.6 Å². The van der Waals surface area contributed by atoms with Gasteiger partial charge >= 0.3 is 5.97 Å². The highest BCUT2D eigenvalue weighted by molar-refractivity contribution is 7.99. The van der Waals surface area contributed by atoms with Crippen molar-refractivity contribution >= 4 is 58.6 Å². The van der Waals surface area contributed by atoms with E-state index >= 15 is 0 Å². The lowest BCUT2D eigenvalue weighted by atomic mass is 10.1. The van der Waals surface area contributed by atoms with Gasteiger partial charge in [-0.3, -0.25) is 14.4 Å². The van der Waals surface area contributed by atoms with Crippen LogP contribution in [-0.2, 0) is 21.0 Å². The lowest BCUT2D eigenvalue weighted by molar-refractivity contribution is -0.134. The summed E-state index contributed by atoms with van der Waals surface area (Å²) in [4.78, 5) is 51.8. The van der Waals surface area contributed by atoms with Gasteiger partial charge in [-0.05, 0) is 68.7 Å². The molecule has 0 aliphatic rings. The quantitative estimate of drug-likeness (QED) is 0.0342. The fourth-order valence-corrected chi connectivity index (χ4v) is 5.13. The van der Waals surface area contributed by atoms with E-state index in [9.17, 15) is 14.4 Å². The molecule has 1 aromatic heterocycles. The Morgan fingerprint density at radius 1 is 0.880 bits per heavy atom. The lowest BCUT2D eigenvalue weighted by Crippen LogP contribution is -2.24. The molecule has 0 unspecified atom stereocenters. The summed E-state index contributed by atoms with van der Waals surface area (Å²) in [6.45, 7) is 4.43. The molecular weight excluding hydrogens is 655 g/mol. The van der Waals surface area contributed by atoms with Crippen molar-refractivity contribution in [3.8, 4) is 0 Å². The summed E-state index contributed by atoms with van der Waals surface area (Å²) < 4.78 is 7.44. The minimum Gasteiger partial charge on any atom is -0.459 e. The zero-order chi connectivity index (χ0) is 35.7. The van der Waals surface area contributed by atoms with Gasteiger partial charge < -0.3 is 25.0 Å². The molecule has 4 rings (SSSR count). The van der Waals surface area contributed by atoms with E-state index in [2.05, 4.69) is 31.4 Å². The first-order valence-corrected chi connectivity index (χ1v) is 17.7. The third-order valence-corrected chi connectivity index (χ3v) is 8.15. The molecule has 0 atom stereocenters. The van der Waals surface area contributed by atoms with Crippen LogP contribution in [0.15, 0.2) is 85.1 Å². The van der Waals surface area contributed by atoms with Crippen molar-refractivity contribution in [1.82, 2.24) is 20.8 Å². The summed E-state index contributed by atoms with van der Waals surface area (Å²) in [6.07, 6.45) is 6.82. The van der Waals surface area contributed by atoms with Gasteiger partial charge in [-0.15, -0.1) is 0 Å². The number of hydroxylamine groups is 1. The third kappa shape index (κ3) is 12.1. The molecule has 12 nitrogen and oxygen atoms in total. The summed E-state index contributed by atoms with van der Waals surface area (Å²) in [7, 11) is 1.95. The highest BCUT2D eigenvalue weighted by atomic mass is 32.2. The van der Waals surface area contributed by atoms with Crippen LogP contribution in [-0.4, -0.2) is 53.7 Å². The van der Waals surface area contributed by atoms with Crippen molar-refractivity contribution in [1.29, 1.82) is 0 Å². The van der Waals surface area contributed by atoms with Crippen LogP contribution in [0, 0.1) is 0 Å². The van der Waals surface area contributed by atoms with Gasteiger partial charge in [0.15, 0.2) is 5.82 Å². The second-order valence-electron chi connectivity index (χ2n) is 11.7. The number of carbonyl (C=O) groups is 3. The fraction of sp³-hybridized carbons (Fsp3) is 0.324. The summed E-state index contributed by atoms with van der Waals surface area (Å²) in [6, 6.07) is 24.3. The van der Waals surface area contributed by atoms with Gasteiger partial charge in [-0.2, -0.15) is 4.98 Å². The zero-order valence-corrected chi connectivity index (χ0v) is 29.7. The van der Waals surface area contributed by atoms with Gasteiger partial charge in [0.25, 0.3) is 5.91 Å². The second-order valence-corrected chi connectivity index (χ2v) is 12.6. The molecule has 2 amide bonds. The first kappa shape index (κ1) is 37.7. The number of nitrogens with one attached hydrogen (secondary N) is 4. The van der Waals surface area contributed by atoms with Crippen LogP contribution in [0.25, 0.3) is 0 Å². The second kappa shape index (κ2) is 19.8. The molecule has 0 saturated carbocycles. The van der Waals surface area contributed by atoms with Crippen molar-refractivity contribution in [3.63, 3.8) is 0 Å². The van der Waals surface area contributed by atoms with E-state index in [-0.39, 0.29) is 29.4 Å². The zero-order valence-electron chi connectivity index (χ0n) is 28.9. The van der Waals surface area contributed by atoms with E-state index in [0.29, 0.717) is 36.6 Å². The number of anilines is 5. The minimum atomic E-state index is -0.534. The number of amides is 2. The first-order chi connectivity index (χ1) is 24.2. The maximum Gasteiger partial charge on any atom is 0.343 e. The summed E-state index contributed by atoms with van der Waals surface area (Å²) in [5, 5.41) is 9.39. The molecule has 0 saturated heterocycles. The molecule has 0 fully saturated rings. The Hall–Kier alpha value is -5.14. The predicted molar refractivity (Wildman–Crippen MR) is 199 cm³/mol. The fourth-order valence-electron chi connectivity index (χ4n) is 4.77. The summed E-state index contributed by atoms with van der Waals surface area (Å²) in [5.41, 5.74) is 6.54. The van der Waals surface area contributed by atoms with E-state index in [4.69, 9.17) is 9.57 Å². The standard InChI is InChI=1S/C37H45N7O5S/c1-26(2)49-36(47)30-24-39-37(42-34(30)41-31-16-11-12-17-32(31)44(3)50-4)40-29-21-19-28(20-22-29)35(46)38-23-13-6-5-10-18-33(45)43-48-25-27-14-8-7-9-15-27/h7-9,11-12,14-17,19-22,24,26H,5-6,10,13,18,23,25H2,1-4H3,(H,38,46)(H,43,45)(H2,39,40,41,42). The largest absolute Gasteiger partial charge is 0.459 e. The van der Waals surface area contributed by atoms with Gasteiger partial charge in [0.1, 0.15) is 5.56 Å². The smallest absolute Gasteiger partial charge is 0.343 e. The Morgan fingerprint density at radius 3 is 2.34 bits per heavy atom. The average Bonchev–Trinajstić information content (AvgIpc) is 3.11. The number of esters is 1. The number of ether oxygens (including phenoxy) is 1. The number of rotatable bonds is 19. The molecule has 1 heterocycles. The molecule has 50 heavy (non-hydrogen) atoms. The predicted octanol–water partition coefficient (Wildman–Crippen LogP) is 7.17. The van der Waals surface area contributed by atoms with Crippen molar-refractivity contribution < 1.29 is 24.0 Å². The maximum atomic E-state index is 12.9. The van der Waals surface area contributed by atoms with Crippen LogP contribution < -0.4 is 25.7 Å². The average molecular weight is 700 g/mol. The highest BCUT2D eigenvalue weighted by Gasteiger charge is 2.19. The van der Waals surface area contributed by atoms with Gasteiger partial charge in [0.2, 0.25) is 11.9 Å². The summed E-state index contributed by atoms with van der Waals surface area (Å²) >= 11 is 1.55. The number of para-hydroxylation sites is 2. The Labute approximate surface area is 297 Å². The molecule has 4 N–H and O–H groups in total. The Balaban J connectivity index is 1.24. The number of nitrogens with zero attached hydrogens (tertiary/aromatic N) is 3. The molecule has 0 bridgehead atoms. The molecule has 264 valence electrons. The van der Waals surface area contributed by atoms with E-state index in [1.807, 2.05) is 72.2 Å². The molecule has 3 aromatic carbocycles. The van der Waals surface area contributed by atoms with Crippen LogP contribution in [0.3, 0.4) is 0 Å². The molecular formula is C37H45N7O5S. The van der Waals surface area contributed by atoms with Crippen LogP contribution in [0.4, 0.5) is 28.8 Å². The van der Waals surface area contributed by atoms with E-state index < -0.39 is 5.97 Å². The van der Waals surface area contributed by atoms with Gasteiger partial charge in [-0.25, -0.2) is 15.3 Å². The monoisotopic (exact) mass is 699 g/mol. The minimum absolute atomic E-state index is 0.139. The Morgan fingerprint density at radius 2 is 1.60 bits per heavy atom. The Bertz CT molecular complexity index is 1690. The lowest BCUT2D eigenvalue weighted by Gasteiger charge is -2.21. The van der Waals surface area contributed by atoms with Gasteiger partial charge in [-0.1, -0.05) is 67.3 Å². The van der Waals surface area contributed by atoms with Crippen LogP contribution >= 0.6 is 11.9 Å². The van der Waals surface area contributed by atoms with Crippen molar-refractivity contribution in [3.05, 3.63) is 102 Å². The van der Waals surface area contributed by atoms with Crippen molar-refractivity contribution in [2.24, 2.45) is 0 Å². The number of benzene rings is 3. The third-order valence-electron chi connectivity index (χ3n) is 7.41. The molecule has 0 spiro atoms. The number of unbranched alkanes of at least 4 members (excludes halogenated alkanes) is 3. The van der Waals surface area contributed by atoms with Gasteiger partial charge in [0, 0.05) is 43.7 Å². The molecule has 0 radical (unpaired) electrons. The molecule has 0 aliphatic carbocycles. The number of aromatic nitrogens is 2. The normalized spacial score (nSPS) is 10.7. The number of hydrogen-bond acceptors (Lipinski definition) is 11. The SMILES string of the molecule is CSN(C)c1ccccc1Nc1nc(Nc2ccc(C(=O)NCCCCCCC(=O)NOCc3ccccc3)cc2)ncc1C(=O)OC(C)C.